The fourth-order valence-corrected chi connectivity index (χ4v) is 4.26. The third-order valence-corrected chi connectivity index (χ3v) is 6.07. The Morgan fingerprint density at radius 2 is 1.91 bits per heavy atom. The summed E-state index contributed by atoms with van der Waals surface area (Å²) < 4.78 is 71.6. The van der Waals surface area contributed by atoms with Gasteiger partial charge in [0.25, 0.3) is 0 Å². The second-order valence-corrected chi connectivity index (χ2v) is 8.30. The zero-order chi connectivity index (χ0) is 24.3. The molecule has 0 spiro atoms. The molecule has 1 N–H and O–H groups in total. The Kier molecular flexibility index (Phi) is 7.11. The summed E-state index contributed by atoms with van der Waals surface area (Å²) in [5.74, 6) is -0.799. The normalized spacial score (nSPS) is 15.0. The van der Waals surface area contributed by atoms with Crippen LogP contribution in [0.25, 0.3) is 10.9 Å². The molecule has 0 unspecified atom stereocenters. The Bertz CT molecular complexity index is 1170. The number of fused-ring (bicyclic) bond motifs is 1. The van der Waals surface area contributed by atoms with Crippen molar-refractivity contribution in [2.45, 2.75) is 44.4 Å². The number of hydrogen-bond donors (Lipinski definition) is 1. The fraction of sp³-hybridized carbons (Fsp3) is 0.400. The van der Waals surface area contributed by atoms with Crippen molar-refractivity contribution in [3.05, 3.63) is 64.6 Å². The first-order valence-corrected chi connectivity index (χ1v) is 11.0. The summed E-state index contributed by atoms with van der Waals surface area (Å²) in [6, 6.07) is 9.03. The minimum atomic E-state index is -4.47. The molecule has 5 nitrogen and oxygen atoms in total. The predicted molar refractivity (Wildman–Crippen MR) is 117 cm³/mol. The van der Waals surface area contributed by atoms with E-state index in [0.29, 0.717) is 42.9 Å². The molecule has 1 aliphatic rings. The number of methoxy groups -OCH3 is 1. The number of rotatable bonds is 7. The first-order valence-electron chi connectivity index (χ1n) is 11.0. The maximum atomic E-state index is 14.8. The summed E-state index contributed by atoms with van der Waals surface area (Å²) in [6.45, 7) is 0.814. The number of ether oxygens (including phenoxy) is 3. The first kappa shape index (κ1) is 24.1. The Morgan fingerprint density at radius 1 is 1.15 bits per heavy atom. The number of carbonyl (C=O) groups excluding carboxylic acids is 1. The van der Waals surface area contributed by atoms with Gasteiger partial charge in [-0.3, -0.25) is 4.79 Å². The van der Waals surface area contributed by atoms with Crippen LogP contribution in [0.1, 0.15) is 47.6 Å². The lowest BCUT2D eigenvalue weighted by Gasteiger charge is -2.25. The molecule has 182 valence electrons. The monoisotopic (exact) mass is 479 g/mol. The van der Waals surface area contributed by atoms with Crippen LogP contribution in [-0.2, 0) is 33.5 Å². The van der Waals surface area contributed by atoms with Crippen molar-refractivity contribution in [2.75, 3.05) is 20.3 Å². The van der Waals surface area contributed by atoms with Crippen molar-refractivity contribution in [2.24, 2.45) is 0 Å². The number of aryl methyl sites for hydroxylation is 1. The average molecular weight is 479 g/mol. The Morgan fingerprint density at radius 3 is 2.62 bits per heavy atom. The molecule has 1 fully saturated rings. The molecule has 1 saturated heterocycles. The smallest absolute Gasteiger partial charge is 0.416 e. The van der Waals surface area contributed by atoms with Crippen molar-refractivity contribution < 1.29 is 36.6 Å². The molecule has 0 atom stereocenters. The van der Waals surface area contributed by atoms with Gasteiger partial charge in [0.1, 0.15) is 12.4 Å². The van der Waals surface area contributed by atoms with E-state index in [0.717, 1.165) is 6.07 Å². The maximum absolute atomic E-state index is 14.8. The Balaban J connectivity index is 1.50. The summed E-state index contributed by atoms with van der Waals surface area (Å²) in [4.78, 5) is 14.3. The number of H-pyrrole nitrogens is 1. The van der Waals surface area contributed by atoms with Crippen molar-refractivity contribution in [3.8, 4) is 5.75 Å². The lowest BCUT2D eigenvalue weighted by atomic mass is 9.87. The summed E-state index contributed by atoms with van der Waals surface area (Å²) in [6.07, 6.45) is -3.17. The molecule has 0 saturated carbocycles. The number of aromatic amines is 1. The minimum absolute atomic E-state index is 0.0367. The van der Waals surface area contributed by atoms with Crippen LogP contribution < -0.4 is 4.74 Å². The largest absolute Gasteiger partial charge is 0.489 e. The third-order valence-electron chi connectivity index (χ3n) is 6.07. The third kappa shape index (κ3) is 5.35. The number of esters is 1. The molecule has 0 bridgehead atoms. The van der Waals surface area contributed by atoms with Crippen molar-refractivity contribution in [1.82, 2.24) is 4.98 Å². The highest BCUT2D eigenvalue weighted by molar-refractivity contribution is 5.83. The Labute approximate surface area is 194 Å². The van der Waals surface area contributed by atoms with E-state index in [9.17, 15) is 22.4 Å². The van der Waals surface area contributed by atoms with Crippen molar-refractivity contribution >= 4 is 16.9 Å². The van der Waals surface area contributed by atoms with E-state index in [2.05, 4.69) is 9.72 Å². The zero-order valence-corrected chi connectivity index (χ0v) is 18.6. The van der Waals surface area contributed by atoms with Gasteiger partial charge in [-0.1, -0.05) is 12.1 Å². The topological polar surface area (TPSA) is 60.6 Å². The SMILES string of the molecule is COC(=O)CCc1[nH]c2ccc(OCc3ccc(C4CCOCC4)c(C(F)(F)F)c3)cc2c1F. The number of nitrogens with one attached hydrogen (secondary N) is 1. The van der Waals surface area contributed by atoms with Gasteiger partial charge >= 0.3 is 12.1 Å². The zero-order valence-electron chi connectivity index (χ0n) is 18.6. The van der Waals surface area contributed by atoms with Gasteiger partial charge in [-0.25, -0.2) is 4.39 Å². The lowest BCUT2D eigenvalue weighted by Crippen LogP contribution is -2.19. The standard InChI is InChI=1S/C25H25F4NO4/c1-32-23(31)7-6-22-24(26)19-13-17(3-5-21(19)30-22)34-14-15-2-4-18(16-8-10-33-11-9-16)20(12-15)25(27,28)29/h2-5,12-13,16,30H,6-11,14H2,1H3. The summed E-state index contributed by atoms with van der Waals surface area (Å²) >= 11 is 0. The Hall–Kier alpha value is -3.07. The predicted octanol–water partition coefficient (Wildman–Crippen LogP) is 5.90. The summed E-state index contributed by atoms with van der Waals surface area (Å²) in [7, 11) is 1.27. The lowest BCUT2D eigenvalue weighted by molar-refractivity contribution is -0.140. The number of benzene rings is 2. The quantitative estimate of drug-likeness (QED) is 0.338. The van der Waals surface area contributed by atoms with Crippen molar-refractivity contribution in [3.63, 3.8) is 0 Å². The molecular weight excluding hydrogens is 454 g/mol. The number of carbonyl (C=O) groups is 1. The van der Waals surface area contributed by atoms with Crippen LogP contribution in [0.5, 0.6) is 5.75 Å². The van der Waals surface area contributed by atoms with Crippen LogP contribution in [0.15, 0.2) is 36.4 Å². The van der Waals surface area contributed by atoms with Gasteiger partial charge in [-0.05, 0) is 54.2 Å². The molecule has 1 aliphatic heterocycles. The van der Waals surface area contributed by atoms with Crippen LogP contribution >= 0.6 is 0 Å². The molecular formula is C25H25F4NO4. The summed E-state index contributed by atoms with van der Waals surface area (Å²) in [5, 5.41) is 0.281. The fourth-order valence-electron chi connectivity index (χ4n) is 4.26. The first-order chi connectivity index (χ1) is 16.3. The number of hydrogen-bond acceptors (Lipinski definition) is 4. The van der Waals surface area contributed by atoms with Crippen LogP contribution in [-0.4, -0.2) is 31.3 Å². The molecule has 1 aromatic heterocycles. The van der Waals surface area contributed by atoms with Crippen LogP contribution in [0, 0.1) is 5.82 Å². The van der Waals surface area contributed by atoms with E-state index in [1.165, 1.54) is 19.2 Å². The highest BCUT2D eigenvalue weighted by atomic mass is 19.4. The van der Waals surface area contributed by atoms with E-state index in [1.54, 1.807) is 18.2 Å². The average Bonchev–Trinajstić information content (AvgIpc) is 3.16. The molecule has 2 heterocycles. The van der Waals surface area contributed by atoms with Gasteiger partial charge in [-0.2, -0.15) is 13.2 Å². The van der Waals surface area contributed by atoms with Crippen LogP contribution in [0.2, 0.25) is 0 Å². The van der Waals surface area contributed by atoms with Crippen LogP contribution in [0.4, 0.5) is 17.6 Å². The van der Waals surface area contributed by atoms with E-state index in [4.69, 9.17) is 9.47 Å². The van der Waals surface area contributed by atoms with Crippen LogP contribution in [0.3, 0.4) is 0 Å². The molecule has 0 aliphatic carbocycles. The second-order valence-electron chi connectivity index (χ2n) is 8.30. The number of halogens is 4. The molecule has 34 heavy (non-hydrogen) atoms. The molecule has 0 amide bonds. The highest BCUT2D eigenvalue weighted by Gasteiger charge is 2.36. The molecule has 4 rings (SSSR count). The molecule has 0 radical (unpaired) electrons. The van der Waals surface area contributed by atoms with Gasteiger partial charge < -0.3 is 19.2 Å². The minimum Gasteiger partial charge on any atom is -0.489 e. The van der Waals surface area contributed by atoms with Crippen molar-refractivity contribution in [1.29, 1.82) is 0 Å². The maximum Gasteiger partial charge on any atom is 0.416 e. The molecule has 9 heteroatoms. The van der Waals surface area contributed by atoms with E-state index < -0.39 is 23.5 Å². The van der Waals surface area contributed by atoms with Gasteiger partial charge in [0.15, 0.2) is 5.82 Å². The number of alkyl halides is 3. The van der Waals surface area contributed by atoms with Gasteiger partial charge in [0, 0.05) is 30.5 Å². The number of aromatic nitrogens is 1. The van der Waals surface area contributed by atoms with E-state index in [-0.39, 0.29) is 42.0 Å². The van der Waals surface area contributed by atoms with Gasteiger partial charge in [-0.15, -0.1) is 0 Å². The van der Waals surface area contributed by atoms with Gasteiger partial charge in [0.2, 0.25) is 0 Å². The van der Waals surface area contributed by atoms with E-state index >= 15 is 0 Å². The highest BCUT2D eigenvalue weighted by Crippen LogP contribution is 2.39. The van der Waals surface area contributed by atoms with Gasteiger partial charge in [0.05, 0.1) is 24.8 Å². The van der Waals surface area contributed by atoms with E-state index in [1.807, 2.05) is 0 Å². The molecule has 2 aromatic carbocycles. The summed E-state index contributed by atoms with van der Waals surface area (Å²) in [5.41, 5.74) is 0.815. The second kappa shape index (κ2) is 10.0. The molecule has 3 aromatic rings.